The van der Waals surface area contributed by atoms with Gasteiger partial charge in [-0.05, 0) is 30.0 Å². The second-order valence-electron chi connectivity index (χ2n) is 9.27. The summed E-state index contributed by atoms with van der Waals surface area (Å²) in [5.41, 5.74) is 6.41. The molecule has 0 spiro atoms. The second kappa shape index (κ2) is 14.2. The number of pyridine rings is 1. The summed E-state index contributed by atoms with van der Waals surface area (Å²) in [6.07, 6.45) is 5.21. The van der Waals surface area contributed by atoms with Crippen molar-refractivity contribution in [2.45, 2.75) is 57.4 Å². The number of anilines is 1. The average Bonchev–Trinajstić information content (AvgIpc) is 3.43. The van der Waals surface area contributed by atoms with Crippen molar-refractivity contribution in [2.75, 3.05) is 11.5 Å². The Labute approximate surface area is 255 Å². The molecule has 3 atom stereocenters. The standard InChI is InChI=1S/C27H30N6O8S2/c1-4-17(5-2)41-27(37)40-14(3)39-25(36)21-16(9-8-15-7-6-10-29-11-15)12-42-24-20(23(35)33(21)24)31-22(34)19(32-38)18-13-43-26(28)30-18/h6-11,13-14,17,20,24,38H,4-5,12H2,1-3H3,(H2,28,30)(H,31,34)/b9-8-,32-19-/t14-,20-,24-/m1/s1. The molecule has 2 aromatic heterocycles. The molecule has 4 N–H and O–H groups in total. The topological polar surface area (TPSA) is 196 Å². The molecule has 0 unspecified atom stereocenters. The van der Waals surface area contributed by atoms with Gasteiger partial charge in [-0.15, -0.1) is 23.1 Å². The molecule has 2 aliphatic heterocycles. The molecular weight excluding hydrogens is 600 g/mol. The lowest BCUT2D eigenvalue weighted by atomic mass is 10.0. The molecule has 2 amide bonds. The largest absolute Gasteiger partial charge is 0.511 e. The van der Waals surface area contributed by atoms with Crippen LogP contribution in [0.25, 0.3) is 6.08 Å². The first-order valence-corrected chi connectivity index (χ1v) is 15.2. The number of β-lactam (4-membered cyclic amide) rings is 1. The average molecular weight is 631 g/mol. The lowest BCUT2D eigenvalue weighted by Crippen LogP contribution is -2.71. The summed E-state index contributed by atoms with van der Waals surface area (Å²) in [5.74, 6) is -2.08. The van der Waals surface area contributed by atoms with Crippen molar-refractivity contribution in [3.63, 3.8) is 0 Å². The Bertz CT molecular complexity index is 1460. The van der Waals surface area contributed by atoms with E-state index in [2.05, 4.69) is 20.4 Å². The predicted octanol–water partition coefficient (Wildman–Crippen LogP) is 2.90. The summed E-state index contributed by atoms with van der Waals surface area (Å²) in [5, 5.41) is 15.9. The zero-order valence-electron chi connectivity index (χ0n) is 23.5. The van der Waals surface area contributed by atoms with Gasteiger partial charge in [-0.1, -0.05) is 37.2 Å². The molecule has 2 aliphatic rings. The van der Waals surface area contributed by atoms with Crippen LogP contribution in [0, 0.1) is 0 Å². The summed E-state index contributed by atoms with van der Waals surface area (Å²) in [6, 6.07) is 2.53. The highest BCUT2D eigenvalue weighted by molar-refractivity contribution is 8.00. The summed E-state index contributed by atoms with van der Waals surface area (Å²) in [4.78, 5) is 61.0. The summed E-state index contributed by atoms with van der Waals surface area (Å²) in [6.45, 7) is 5.08. The van der Waals surface area contributed by atoms with Gasteiger partial charge in [0.15, 0.2) is 10.8 Å². The second-order valence-corrected chi connectivity index (χ2v) is 11.3. The Morgan fingerprint density at radius 1 is 1.26 bits per heavy atom. The molecule has 0 aliphatic carbocycles. The van der Waals surface area contributed by atoms with Crippen LogP contribution in [0.15, 0.2) is 52.4 Å². The highest BCUT2D eigenvalue weighted by atomic mass is 32.2. The number of nitrogens with zero attached hydrogens (tertiary/aromatic N) is 4. The third kappa shape index (κ3) is 7.32. The number of amides is 2. The van der Waals surface area contributed by atoms with Crippen molar-refractivity contribution in [1.82, 2.24) is 20.2 Å². The molecular formula is C27H30N6O8S2. The highest BCUT2D eigenvalue weighted by Crippen LogP contribution is 2.41. The van der Waals surface area contributed by atoms with Crippen LogP contribution in [0.2, 0.25) is 0 Å². The van der Waals surface area contributed by atoms with Gasteiger partial charge < -0.3 is 30.5 Å². The molecule has 4 heterocycles. The van der Waals surface area contributed by atoms with E-state index in [9.17, 15) is 24.4 Å². The maximum absolute atomic E-state index is 13.4. The monoisotopic (exact) mass is 630 g/mol. The van der Waals surface area contributed by atoms with Gasteiger partial charge in [0.05, 0.1) is 0 Å². The number of oxime groups is 1. The Hall–Kier alpha value is -4.44. The molecule has 0 radical (unpaired) electrons. The third-order valence-corrected chi connectivity index (χ3v) is 8.40. The normalized spacial score (nSPS) is 19.1. The number of ether oxygens (including phenoxy) is 3. The van der Waals surface area contributed by atoms with E-state index in [4.69, 9.17) is 19.9 Å². The van der Waals surface area contributed by atoms with Crippen LogP contribution >= 0.6 is 23.1 Å². The molecule has 228 valence electrons. The molecule has 0 saturated carbocycles. The van der Waals surface area contributed by atoms with Crippen molar-refractivity contribution in [3.05, 3.63) is 58.5 Å². The molecule has 0 aromatic carbocycles. The molecule has 0 bridgehead atoms. The molecule has 43 heavy (non-hydrogen) atoms. The SMILES string of the molecule is CCC(CC)OC(=O)O[C@H](C)OC(=O)C1=C(/C=C\c2cccnc2)CS[C@@H]2[C@H](NC(=O)/C(=N\O)c3csc(N)n3)C(=O)N12. The minimum Gasteiger partial charge on any atom is -0.431 e. The van der Waals surface area contributed by atoms with Crippen LogP contribution in [-0.2, 0) is 28.6 Å². The number of nitrogens with one attached hydrogen (secondary N) is 1. The van der Waals surface area contributed by atoms with Crippen LogP contribution in [-0.4, -0.2) is 79.3 Å². The van der Waals surface area contributed by atoms with Gasteiger partial charge in [0.25, 0.3) is 11.8 Å². The van der Waals surface area contributed by atoms with Crippen LogP contribution in [0.5, 0.6) is 0 Å². The van der Waals surface area contributed by atoms with Gasteiger partial charge >= 0.3 is 12.1 Å². The summed E-state index contributed by atoms with van der Waals surface area (Å²) < 4.78 is 15.7. The minimum absolute atomic E-state index is 0.0473. The number of fused-ring (bicyclic) bond motifs is 1. The van der Waals surface area contributed by atoms with Crippen LogP contribution in [0.1, 0.15) is 44.9 Å². The molecule has 16 heteroatoms. The van der Waals surface area contributed by atoms with Crippen LogP contribution in [0.3, 0.4) is 0 Å². The predicted molar refractivity (Wildman–Crippen MR) is 158 cm³/mol. The number of nitrogens with two attached hydrogens (primary N) is 1. The summed E-state index contributed by atoms with van der Waals surface area (Å²) >= 11 is 2.36. The first kappa shape index (κ1) is 31.5. The number of hydrogen-bond acceptors (Lipinski definition) is 14. The van der Waals surface area contributed by atoms with Crippen molar-refractivity contribution in [3.8, 4) is 0 Å². The number of nitrogen functional groups attached to an aromatic ring is 1. The van der Waals surface area contributed by atoms with E-state index < -0.39 is 47.4 Å². The van der Waals surface area contributed by atoms with Gasteiger partial charge in [0.2, 0.25) is 6.29 Å². The zero-order chi connectivity index (χ0) is 31.1. The van der Waals surface area contributed by atoms with E-state index >= 15 is 0 Å². The van der Waals surface area contributed by atoms with Gasteiger partial charge in [-0.3, -0.25) is 19.5 Å². The maximum Gasteiger partial charge on any atom is 0.511 e. The Morgan fingerprint density at radius 3 is 2.65 bits per heavy atom. The van der Waals surface area contributed by atoms with Crippen LogP contribution < -0.4 is 11.1 Å². The van der Waals surface area contributed by atoms with Crippen molar-refractivity contribution >= 4 is 64.0 Å². The number of aromatic nitrogens is 2. The van der Waals surface area contributed by atoms with E-state index in [0.29, 0.717) is 18.4 Å². The third-order valence-electron chi connectivity index (χ3n) is 6.43. The number of thiazole rings is 1. The number of rotatable bonds is 11. The number of carbonyl (C=O) groups excluding carboxylic acids is 4. The molecule has 1 saturated heterocycles. The quantitative estimate of drug-likeness (QED) is 0.0821. The van der Waals surface area contributed by atoms with Gasteiger partial charge in [0.1, 0.15) is 28.9 Å². The number of carbonyl (C=O) groups is 4. The lowest BCUT2D eigenvalue weighted by Gasteiger charge is -2.49. The Kier molecular flexibility index (Phi) is 10.4. The van der Waals surface area contributed by atoms with Gasteiger partial charge in [0, 0.05) is 30.5 Å². The fourth-order valence-electron chi connectivity index (χ4n) is 4.24. The van der Waals surface area contributed by atoms with Crippen molar-refractivity contribution < 1.29 is 38.6 Å². The Morgan fingerprint density at radius 2 is 2.02 bits per heavy atom. The number of thioether (sulfide) groups is 1. The van der Waals surface area contributed by atoms with Crippen molar-refractivity contribution in [1.29, 1.82) is 0 Å². The molecule has 4 rings (SSSR count). The Balaban J connectivity index is 1.53. The fourth-order valence-corrected chi connectivity index (χ4v) is 6.10. The minimum atomic E-state index is -1.32. The van der Waals surface area contributed by atoms with E-state index in [-0.39, 0.29) is 28.4 Å². The highest BCUT2D eigenvalue weighted by Gasteiger charge is 2.54. The number of hydrogen-bond donors (Lipinski definition) is 3. The first-order valence-electron chi connectivity index (χ1n) is 13.2. The molecule has 14 nitrogen and oxygen atoms in total. The van der Waals surface area contributed by atoms with Crippen LogP contribution in [0.4, 0.5) is 9.93 Å². The number of esters is 1. The van der Waals surface area contributed by atoms with E-state index in [0.717, 1.165) is 16.9 Å². The lowest BCUT2D eigenvalue weighted by molar-refractivity contribution is -0.169. The molecule has 2 aromatic rings. The first-order chi connectivity index (χ1) is 20.7. The van der Waals surface area contributed by atoms with E-state index in [1.165, 1.54) is 29.0 Å². The fraction of sp³-hybridized carbons (Fsp3) is 0.370. The van der Waals surface area contributed by atoms with Crippen molar-refractivity contribution in [2.24, 2.45) is 5.16 Å². The molecule has 1 fully saturated rings. The smallest absolute Gasteiger partial charge is 0.431 e. The maximum atomic E-state index is 13.4. The van der Waals surface area contributed by atoms with E-state index in [1.807, 2.05) is 19.9 Å². The van der Waals surface area contributed by atoms with Gasteiger partial charge in [-0.25, -0.2) is 14.6 Å². The number of allylic oxidation sites excluding steroid dienone is 1. The van der Waals surface area contributed by atoms with E-state index in [1.54, 1.807) is 30.6 Å². The zero-order valence-corrected chi connectivity index (χ0v) is 25.1. The summed E-state index contributed by atoms with van der Waals surface area (Å²) in [7, 11) is 0. The van der Waals surface area contributed by atoms with Gasteiger partial charge in [-0.2, -0.15) is 0 Å².